The number of carbonyl (C=O) groups is 1. The molecule has 0 saturated heterocycles. The highest BCUT2D eigenvalue weighted by atomic mass is 35.5. The van der Waals surface area contributed by atoms with Gasteiger partial charge in [0.05, 0.1) is 32.7 Å². The van der Waals surface area contributed by atoms with E-state index in [1.165, 1.54) is 0 Å². The van der Waals surface area contributed by atoms with Gasteiger partial charge in [-0.25, -0.2) is 0 Å². The van der Waals surface area contributed by atoms with Crippen LogP contribution in [0.4, 0.5) is 5.69 Å². The molecule has 0 aliphatic heterocycles. The third-order valence-corrected chi connectivity index (χ3v) is 7.65. The van der Waals surface area contributed by atoms with E-state index in [9.17, 15) is 9.00 Å². The molecule has 1 aromatic heterocycles. The maximum atomic E-state index is 13.5. The molecule has 1 N–H and O–H groups in total. The summed E-state index contributed by atoms with van der Waals surface area (Å²) < 4.78 is 15.1. The summed E-state index contributed by atoms with van der Waals surface area (Å²) in [5.41, 5.74) is 3.30. The van der Waals surface area contributed by atoms with Gasteiger partial charge in [-0.15, -0.1) is 0 Å². The van der Waals surface area contributed by atoms with Crippen LogP contribution in [0.3, 0.4) is 0 Å². The van der Waals surface area contributed by atoms with Crippen molar-refractivity contribution >= 4 is 44.8 Å². The van der Waals surface area contributed by atoms with Crippen LogP contribution in [0, 0.1) is 0 Å². The minimum Gasteiger partial charge on any atom is -0.322 e. The van der Waals surface area contributed by atoms with Gasteiger partial charge in [-0.05, 0) is 35.0 Å². The standard InChI is InChI=1S/C28H22ClN3O2S/c1-32-27(29)24(26(31-32)20-10-3-2-4-11-20)18-35(34)25-14-8-7-13-23(25)28(33)30-22-16-15-19-9-5-6-12-21(19)17-22/h2-17H,18H2,1H3,(H,30,33). The minimum absolute atomic E-state index is 0.136. The lowest BCUT2D eigenvalue weighted by atomic mass is 10.1. The molecule has 5 nitrogen and oxygen atoms in total. The number of carbonyl (C=O) groups excluding carboxylic acids is 1. The van der Waals surface area contributed by atoms with Gasteiger partial charge in [0.15, 0.2) is 0 Å². The Bertz CT molecular complexity index is 1560. The summed E-state index contributed by atoms with van der Waals surface area (Å²) in [5.74, 6) is -0.179. The van der Waals surface area contributed by atoms with Gasteiger partial charge < -0.3 is 5.32 Å². The Morgan fingerprint density at radius 2 is 1.60 bits per heavy atom. The number of hydrogen-bond donors (Lipinski definition) is 1. The predicted octanol–water partition coefficient (Wildman–Crippen LogP) is 6.45. The summed E-state index contributed by atoms with van der Waals surface area (Å²) in [6, 6.07) is 30.3. The molecule has 0 fully saturated rings. The van der Waals surface area contributed by atoms with Crippen molar-refractivity contribution in [2.75, 3.05) is 5.32 Å². The molecule has 1 amide bonds. The second-order valence-electron chi connectivity index (χ2n) is 8.11. The molecule has 0 saturated carbocycles. The molecule has 35 heavy (non-hydrogen) atoms. The van der Waals surface area contributed by atoms with Crippen LogP contribution >= 0.6 is 11.6 Å². The quantitative estimate of drug-likeness (QED) is 0.292. The molecule has 1 unspecified atom stereocenters. The van der Waals surface area contributed by atoms with Crippen molar-refractivity contribution in [2.45, 2.75) is 10.6 Å². The van der Waals surface area contributed by atoms with Crippen LogP contribution in [0.5, 0.6) is 0 Å². The molecule has 0 bridgehead atoms. The van der Waals surface area contributed by atoms with Crippen molar-refractivity contribution in [3.63, 3.8) is 0 Å². The summed E-state index contributed by atoms with van der Waals surface area (Å²) in [7, 11) is 0.230. The first-order chi connectivity index (χ1) is 17.0. The van der Waals surface area contributed by atoms with Gasteiger partial charge in [-0.2, -0.15) is 5.10 Å². The Morgan fingerprint density at radius 1 is 0.914 bits per heavy atom. The fraction of sp³-hybridized carbons (Fsp3) is 0.0714. The van der Waals surface area contributed by atoms with Crippen LogP contribution in [0.1, 0.15) is 15.9 Å². The van der Waals surface area contributed by atoms with Crippen molar-refractivity contribution in [1.29, 1.82) is 0 Å². The molecule has 0 aliphatic rings. The lowest BCUT2D eigenvalue weighted by molar-refractivity contribution is 0.102. The van der Waals surface area contributed by atoms with Crippen molar-refractivity contribution in [2.24, 2.45) is 7.05 Å². The van der Waals surface area contributed by atoms with Gasteiger partial charge in [0, 0.05) is 23.9 Å². The first-order valence-electron chi connectivity index (χ1n) is 11.1. The van der Waals surface area contributed by atoms with Crippen LogP contribution in [0.25, 0.3) is 22.0 Å². The van der Waals surface area contributed by atoms with Crippen LogP contribution in [-0.4, -0.2) is 19.9 Å². The molecule has 1 heterocycles. The zero-order valence-electron chi connectivity index (χ0n) is 18.9. The Hall–Kier alpha value is -3.74. The molecule has 5 rings (SSSR count). The maximum Gasteiger partial charge on any atom is 0.256 e. The van der Waals surface area contributed by atoms with E-state index in [2.05, 4.69) is 10.4 Å². The molecule has 174 valence electrons. The first kappa shape index (κ1) is 23.0. The van der Waals surface area contributed by atoms with E-state index in [0.29, 0.717) is 32.6 Å². The van der Waals surface area contributed by atoms with Crippen LogP contribution < -0.4 is 5.32 Å². The first-order valence-corrected chi connectivity index (χ1v) is 12.8. The SMILES string of the molecule is Cn1nc(-c2ccccc2)c(CS(=O)c2ccccc2C(=O)Nc2ccc3ccccc3c2)c1Cl. The highest BCUT2D eigenvalue weighted by Crippen LogP contribution is 2.31. The van der Waals surface area contributed by atoms with E-state index in [-0.39, 0.29) is 11.7 Å². The minimum atomic E-state index is -1.53. The third kappa shape index (κ3) is 4.76. The van der Waals surface area contributed by atoms with Gasteiger partial charge in [0.1, 0.15) is 5.15 Å². The van der Waals surface area contributed by atoms with Crippen molar-refractivity contribution < 1.29 is 9.00 Å². The number of nitrogens with one attached hydrogen (secondary N) is 1. The topological polar surface area (TPSA) is 64.0 Å². The second-order valence-corrected chi connectivity index (χ2v) is 9.89. The summed E-state index contributed by atoms with van der Waals surface area (Å²) in [4.78, 5) is 13.6. The average Bonchev–Trinajstić information content (AvgIpc) is 3.17. The predicted molar refractivity (Wildman–Crippen MR) is 142 cm³/mol. The number of rotatable bonds is 6. The fourth-order valence-corrected chi connectivity index (χ4v) is 5.63. The third-order valence-electron chi connectivity index (χ3n) is 5.78. The molecule has 0 radical (unpaired) electrons. The van der Waals surface area contributed by atoms with E-state index in [1.54, 1.807) is 36.0 Å². The van der Waals surface area contributed by atoms with E-state index < -0.39 is 10.8 Å². The van der Waals surface area contributed by atoms with Crippen LogP contribution in [-0.2, 0) is 23.6 Å². The summed E-state index contributed by atoms with van der Waals surface area (Å²) in [6.07, 6.45) is 0. The van der Waals surface area contributed by atoms with E-state index in [4.69, 9.17) is 11.6 Å². The Labute approximate surface area is 210 Å². The van der Waals surface area contributed by atoms with Gasteiger partial charge >= 0.3 is 0 Å². The Kier molecular flexibility index (Phi) is 6.49. The Morgan fingerprint density at radius 3 is 2.40 bits per heavy atom. The molecular formula is C28H22ClN3O2S. The largest absolute Gasteiger partial charge is 0.322 e. The number of benzene rings is 4. The van der Waals surface area contributed by atoms with E-state index in [1.807, 2.05) is 72.8 Å². The van der Waals surface area contributed by atoms with Crippen molar-refractivity contribution in [3.8, 4) is 11.3 Å². The maximum absolute atomic E-state index is 13.5. The number of aromatic nitrogens is 2. The van der Waals surface area contributed by atoms with Crippen LogP contribution in [0.15, 0.2) is 102 Å². The van der Waals surface area contributed by atoms with Crippen molar-refractivity contribution in [3.05, 3.63) is 113 Å². The summed E-state index contributed by atoms with van der Waals surface area (Å²) in [5, 5.41) is 10.0. The van der Waals surface area contributed by atoms with Crippen molar-refractivity contribution in [1.82, 2.24) is 9.78 Å². The summed E-state index contributed by atoms with van der Waals surface area (Å²) >= 11 is 6.54. The zero-order chi connectivity index (χ0) is 24.4. The lowest BCUT2D eigenvalue weighted by Crippen LogP contribution is -2.15. The van der Waals surface area contributed by atoms with E-state index >= 15 is 0 Å². The fourth-order valence-electron chi connectivity index (χ4n) is 4.03. The van der Waals surface area contributed by atoms with E-state index in [0.717, 1.165) is 16.3 Å². The monoisotopic (exact) mass is 499 g/mol. The number of halogens is 1. The summed E-state index contributed by atoms with van der Waals surface area (Å²) in [6.45, 7) is 0. The average molecular weight is 500 g/mol. The molecule has 4 aromatic carbocycles. The molecule has 0 spiro atoms. The molecule has 7 heteroatoms. The normalized spacial score (nSPS) is 11.9. The van der Waals surface area contributed by atoms with Gasteiger partial charge in [-0.1, -0.05) is 84.4 Å². The second kappa shape index (κ2) is 9.86. The number of anilines is 1. The number of amides is 1. The smallest absolute Gasteiger partial charge is 0.256 e. The highest BCUT2D eigenvalue weighted by molar-refractivity contribution is 7.84. The molecule has 0 aliphatic carbocycles. The lowest BCUT2D eigenvalue weighted by Gasteiger charge is -2.11. The molecule has 1 atom stereocenters. The Balaban J connectivity index is 1.43. The van der Waals surface area contributed by atoms with Gasteiger partial charge in [0.25, 0.3) is 5.91 Å². The van der Waals surface area contributed by atoms with Crippen LogP contribution in [0.2, 0.25) is 5.15 Å². The number of fused-ring (bicyclic) bond motifs is 1. The van der Waals surface area contributed by atoms with Gasteiger partial charge in [-0.3, -0.25) is 13.7 Å². The van der Waals surface area contributed by atoms with Gasteiger partial charge in [0.2, 0.25) is 0 Å². The number of aryl methyl sites for hydroxylation is 1. The molecular weight excluding hydrogens is 478 g/mol. The molecule has 5 aromatic rings. The number of hydrogen-bond acceptors (Lipinski definition) is 3. The zero-order valence-corrected chi connectivity index (χ0v) is 20.5. The number of nitrogens with zero attached hydrogens (tertiary/aromatic N) is 2. The highest BCUT2D eigenvalue weighted by Gasteiger charge is 2.22.